The van der Waals surface area contributed by atoms with Gasteiger partial charge in [-0.2, -0.15) is 13.2 Å². The second kappa shape index (κ2) is 12.7. The summed E-state index contributed by atoms with van der Waals surface area (Å²) in [7, 11) is 0. The van der Waals surface area contributed by atoms with Crippen LogP contribution in [0.4, 0.5) is 19.1 Å². The van der Waals surface area contributed by atoms with Gasteiger partial charge in [0.2, 0.25) is 11.9 Å². The Hall–Kier alpha value is -3.64. The standard InChI is InChI=1S/C30H37F3N6O3/c1-3-26(40)38-14-5-4-7-22(18-38)39-27-24(35-29(39)36-28(41)21-10-13-34-20(2)17-21)8-6-9-25(27)42-23-11-15-37(16-12-23)19-30(31,32)33/h3,6,8-10,13,17,22-23,28,41H,1,4-5,7,11-12,14-16,18-19H2,2H3,(H,35,36)/t22-,28?/m1/s1. The number of carbonyl (C=O) groups excluding carboxylic acids is 1. The molecule has 2 aromatic heterocycles. The second-order valence-electron chi connectivity index (χ2n) is 11.1. The molecule has 1 aromatic carbocycles. The number of halogens is 3. The molecule has 4 heterocycles. The largest absolute Gasteiger partial charge is 0.488 e. The fourth-order valence-corrected chi connectivity index (χ4v) is 5.89. The fraction of sp³-hybridized carbons (Fsp3) is 0.500. The number of aliphatic hydroxyl groups is 1. The molecule has 3 aromatic rings. The Bertz CT molecular complexity index is 1400. The first-order chi connectivity index (χ1) is 20.1. The number of aromatic nitrogens is 3. The van der Waals surface area contributed by atoms with Gasteiger partial charge in [0.15, 0.2) is 6.23 Å². The quantitative estimate of drug-likeness (QED) is 0.284. The van der Waals surface area contributed by atoms with Crippen LogP contribution in [0.25, 0.3) is 11.0 Å². The zero-order valence-corrected chi connectivity index (χ0v) is 23.7. The van der Waals surface area contributed by atoms with Crippen molar-refractivity contribution in [2.45, 2.75) is 63.6 Å². The van der Waals surface area contributed by atoms with Crippen LogP contribution in [0.5, 0.6) is 5.75 Å². The normalized spacial score (nSPS) is 19.8. The molecule has 2 atom stereocenters. The highest BCUT2D eigenvalue weighted by molar-refractivity contribution is 5.87. The highest BCUT2D eigenvalue weighted by atomic mass is 19.4. The number of amides is 1. The van der Waals surface area contributed by atoms with E-state index in [0.717, 1.165) is 25.0 Å². The molecule has 0 spiro atoms. The van der Waals surface area contributed by atoms with E-state index in [4.69, 9.17) is 9.72 Å². The zero-order chi connectivity index (χ0) is 29.9. The second-order valence-corrected chi connectivity index (χ2v) is 11.1. The van der Waals surface area contributed by atoms with Crippen LogP contribution in [0.1, 0.15) is 55.6 Å². The number of para-hydroxylation sites is 1. The molecular formula is C30H37F3N6O3. The Morgan fingerprint density at radius 2 is 2.00 bits per heavy atom. The number of ether oxygens (including phenoxy) is 1. The molecule has 0 radical (unpaired) electrons. The number of pyridine rings is 1. The van der Waals surface area contributed by atoms with Crippen molar-refractivity contribution in [3.63, 3.8) is 0 Å². The van der Waals surface area contributed by atoms with Crippen LogP contribution in [0.15, 0.2) is 49.2 Å². The van der Waals surface area contributed by atoms with Gasteiger partial charge in [0.25, 0.3) is 0 Å². The van der Waals surface area contributed by atoms with Crippen molar-refractivity contribution in [1.82, 2.24) is 24.3 Å². The first-order valence-electron chi connectivity index (χ1n) is 14.4. The monoisotopic (exact) mass is 586 g/mol. The Balaban J connectivity index is 1.48. The van der Waals surface area contributed by atoms with E-state index in [1.54, 1.807) is 23.2 Å². The van der Waals surface area contributed by atoms with Crippen molar-refractivity contribution in [1.29, 1.82) is 0 Å². The third kappa shape index (κ3) is 7.04. The Labute approximate surface area is 243 Å². The minimum Gasteiger partial charge on any atom is -0.488 e. The number of rotatable bonds is 8. The number of carbonyl (C=O) groups is 1. The van der Waals surface area contributed by atoms with E-state index < -0.39 is 18.9 Å². The van der Waals surface area contributed by atoms with Gasteiger partial charge >= 0.3 is 6.18 Å². The number of imidazole rings is 1. The van der Waals surface area contributed by atoms with Crippen molar-refractivity contribution < 1.29 is 27.8 Å². The number of aryl methyl sites for hydroxylation is 1. The van der Waals surface area contributed by atoms with E-state index in [0.29, 0.717) is 67.3 Å². The van der Waals surface area contributed by atoms with E-state index in [1.165, 1.54) is 11.0 Å². The summed E-state index contributed by atoms with van der Waals surface area (Å²) in [6, 6.07) is 8.89. The lowest BCUT2D eigenvalue weighted by Gasteiger charge is -2.33. The van der Waals surface area contributed by atoms with Gasteiger partial charge in [0, 0.05) is 43.6 Å². The smallest absolute Gasteiger partial charge is 0.401 e. The SMILES string of the molecule is C=CC(=O)N1CCCC[C@@H](n2c(NC(O)c3ccnc(C)c3)nc3cccc(OC4CCN(CC(F)(F)F)CC4)c32)C1. The number of piperidine rings is 1. The molecule has 0 aliphatic carbocycles. The summed E-state index contributed by atoms with van der Waals surface area (Å²) in [5.74, 6) is 0.860. The Morgan fingerprint density at radius 1 is 1.21 bits per heavy atom. The van der Waals surface area contributed by atoms with E-state index in [-0.39, 0.29) is 18.1 Å². The number of aliphatic hydroxyl groups excluding tert-OH is 1. The number of alkyl halides is 3. The average Bonchev–Trinajstić information content (AvgIpc) is 3.14. The van der Waals surface area contributed by atoms with Crippen molar-refractivity contribution >= 4 is 22.9 Å². The fourth-order valence-electron chi connectivity index (χ4n) is 5.89. The Morgan fingerprint density at radius 3 is 2.71 bits per heavy atom. The summed E-state index contributed by atoms with van der Waals surface area (Å²) >= 11 is 0. The molecule has 1 amide bonds. The molecule has 1 unspecified atom stereocenters. The molecule has 2 aliphatic heterocycles. The lowest BCUT2D eigenvalue weighted by Crippen LogP contribution is -2.42. The molecule has 42 heavy (non-hydrogen) atoms. The molecule has 2 N–H and O–H groups in total. The number of nitrogens with zero attached hydrogens (tertiary/aromatic N) is 5. The predicted octanol–water partition coefficient (Wildman–Crippen LogP) is 4.99. The summed E-state index contributed by atoms with van der Waals surface area (Å²) in [6.45, 7) is 6.23. The summed E-state index contributed by atoms with van der Waals surface area (Å²) in [4.78, 5) is 24.9. The van der Waals surface area contributed by atoms with Crippen LogP contribution < -0.4 is 10.1 Å². The van der Waals surface area contributed by atoms with Crippen LogP contribution in [-0.4, -0.2) is 80.4 Å². The highest BCUT2D eigenvalue weighted by Crippen LogP contribution is 2.37. The summed E-state index contributed by atoms with van der Waals surface area (Å²) < 4.78 is 47.1. The number of hydrogen-bond acceptors (Lipinski definition) is 7. The van der Waals surface area contributed by atoms with Gasteiger partial charge in [-0.05, 0) is 69.4 Å². The zero-order valence-electron chi connectivity index (χ0n) is 23.7. The van der Waals surface area contributed by atoms with E-state index in [1.807, 2.05) is 29.7 Å². The summed E-state index contributed by atoms with van der Waals surface area (Å²) in [5, 5.41) is 14.3. The molecule has 2 fully saturated rings. The van der Waals surface area contributed by atoms with Gasteiger partial charge in [-0.25, -0.2) is 4.98 Å². The number of nitrogens with one attached hydrogen (secondary N) is 1. The van der Waals surface area contributed by atoms with Crippen molar-refractivity contribution in [2.24, 2.45) is 0 Å². The van der Waals surface area contributed by atoms with Crippen LogP contribution in [0, 0.1) is 6.92 Å². The Kier molecular flexibility index (Phi) is 9.02. The number of anilines is 1. The van der Waals surface area contributed by atoms with Gasteiger partial charge in [-0.15, -0.1) is 0 Å². The van der Waals surface area contributed by atoms with E-state index >= 15 is 0 Å². The van der Waals surface area contributed by atoms with Crippen LogP contribution in [0.2, 0.25) is 0 Å². The third-order valence-electron chi connectivity index (χ3n) is 7.90. The summed E-state index contributed by atoms with van der Waals surface area (Å²) in [5.41, 5.74) is 2.76. The number of likely N-dealkylation sites (tertiary alicyclic amines) is 2. The van der Waals surface area contributed by atoms with Gasteiger partial charge in [-0.3, -0.25) is 14.7 Å². The first-order valence-corrected chi connectivity index (χ1v) is 14.4. The van der Waals surface area contributed by atoms with Crippen LogP contribution in [0.3, 0.4) is 0 Å². The molecule has 9 nitrogen and oxygen atoms in total. The molecular weight excluding hydrogens is 549 g/mol. The van der Waals surface area contributed by atoms with Crippen molar-refractivity contribution in [3.8, 4) is 5.75 Å². The maximum absolute atomic E-state index is 12.9. The number of fused-ring (bicyclic) bond motifs is 1. The predicted molar refractivity (Wildman–Crippen MR) is 153 cm³/mol. The summed E-state index contributed by atoms with van der Waals surface area (Å²) in [6.07, 6.45) is 0.857. The highest BCUT2D eigenvalue weighted by Gasteiger charge is 2.34. The van der Waals surface area contributed by atoms with Gasteiger partial charge in [0.1, 0.15) is 17.4 Å². The van der Waals surface area contributed by atoms with Gasteiger partial charge in [0.05, 0.1) is 18.1 Å². The first kappa shape index (κ1) is 29.8. The van der Waals surface area contributed by atoms with Gasteiger partial charge < -0.3 is 24.6 Å². The molecule has 2 aliphatic rings. The molecule has 0 saturated carbocycles. The lowest BCUT2D eigenvalue weighted by atomic mass is 10.1. The maximum atomic E-state index is 12.9. The average molecular weight is 587 g/mol. The number of benzene rings is 1. The minimum atomic E-state index is -4.23. The van der Waals surface area contributed by atoms with E-state index in [9.17, 15) is 23.1 Å². The van der Waals surface area contributed by atoms with E-state index in [2.05, 4.69) is 16.9 Å². The molecule has 0 bridgehead atoms. The molecule has 226 valence electrons. The molecule has 2 saturated heterocycles. The molecule has 12 heteroatoms. The van der Waals surface area contributed by atoms with Crippen molar-refractivity contribution in [3.05, 3.63) is 60.4 Å². The van der Waals surface area contributed by atoms with Crippen molar-refractivity contribution in [2.75, 3.05) is 38.0 Å². The maximum Gasteiger partial charge on any atom is 0.401 e. The number of hydrogen-bond donors (Lipinski definition) is 2. The van der Waals surface area contributed by atoms with Gasteiger partial charge in [-0.1, -0.05) is 12.6 Å². The lowest BCUT2D eigenvalue weighted by molar-refractivity contribution is -0.149. The molecule has 5 rings (SSSR count). The van der Waals surface area contributed by atoms with Crippen LogP contribution in [-0.2, 0) is 4.79 Å². The minimum absolute atomic E-state index is 0.143. The third-order valence-corrected chi connectivity index (χ3v) is 7.90. The van der Waals surface area contributed by atoms with Crippen LogP contribution >= 0.6 is 0 Å². The topological polar surface area (TPSA) is 95.8 Å².